The first-order valence-corrected chi connectivity index (χ1v) is 10.6. The lowest BCUT2D eigenvalue weighted by Crippen LogP contribution is -2.41. The Kier molecular flexibility index (Phi) is 7.47. The van der Waals surface area contributed by atoms with E-state index in [9.17, 15) is 25.1 Å². The van der Waals surface area contributed by atoms with Crippen molar-refractivity contribution in [1.82, 2.24) is 14.6 Å². The highest BCUT2D eigenvalue weighted by Crippen LogP contribution is 2.41. The summed E-state index contributed by atoms with van der Waals surface area (Å²) in [5.74, 6) is -1.30. The number of esters is 2. The van der Waals surface area contributed by atoms with Crippen molar-refractivity contribution < 1.29 is 34.0 Å². The summed E-state index contributed by atoms with van der Waals surface area (Å²) in [6.07, 6.45) is 0.475. The second-order valence-corrected chi connectivity index (χ2v) is 7.77. The van der Waals surface area contributed by atoms with Gasteiger partial charge in [-0.2, -0.15) is 10.4 Å². The molecule has 0 amide bonds. The summed E-state index contributed by atoms with van der Waals surface area (Å²) in [5.41, 5.74) is 3.72. The lowest BCUT2D eigenvalue weighted by molar-refractivity contribution is -0.150. The van der Waals surface area contributed by atoms with Gasteiger partial charge in [0.25, 0.3) is 0 Å². The van der Waals surface area contributed by atoms with Crippen molar-refractivity contribution in [3.05, 3.63) is 23.7 Å². The summed E-state index contributed by atoms with van der Waals surface area (Å²) in [7, 11) is 1.17. The number of aliphatic hydroxyl groups is 2. The molecular weight excluding hydrogens is 434 g/mol. The van der Waals surface area contributed by atoms with Gasteiger partial charge < -0.3 is 30.2 Å². The van der Waals surface area contributed by atoms with Crippen molar-refractivity contribution in [2.24, 2.45) is 0 Å². The predicted molar refractivity (Wildman–Crippen MR) is 113 cm³/mol. The summed E-state index contributed by atoms with van der Waals surface area (Å²) in [5, 5.41) is 35.4. The van der Waals surface area contributed by atoms with Gasteiger partial charge in [0.05, 0.1) is 18.4 Å². The number of nitrogens with two attached hydrogens (primary N) is 1. The van der Waals surface area contributed by atoms with Gasteiger partial charge in [-0.1, -0.05) is 26.2 Å². The second-order valence-electron chi connectivity index (χ2n) is 7.77. The molecule has 1 saturated heterocycles. The number of fused-ring (bicyclic) bond motifs is 1. The van der Waals surface area contributed by atoms with Crippen LogP contribution in [0.1, 0.15) is 55.1 Å². The molecule has 3 rings (SSSR count). The van der Waals surface area contributed by atoms with E-state index in [0.29, 0.717) is 6.42 Å². The molecule has 1 fully saturated rings. The van der Waals surface area contributed by atoms with E-state index in [2.05, 4.69) is 17.0 Å². The Morgan fingerprint density at radius 3 is 2.79 bits per heavy atom. The number of unbranched alkanes of at least 4 members (excludes halogenated alkanes) is 3. The number of nitrogen functional groups attached to an aromatic ring is 1. The maximum absolute atomic E-state index is 12.3. The van der Waals surface area contributed by atoms with Crippen molar-refractivity contribution in [3.63, 3.8) is 0 Å². The molecule has 0 unspecified atom stereocenters. The Morgan fingerprint density at radius 1 is 1.36 bits per heavy atom. The third-order valence-corrected chi connectivity index (χ3v) is 5.64. The average Bonchev–Trinajstić information content (AvgIpc) is 3.32. The van der Waals surface area contributed by atoms with Gasteiger partial charge in [-0.3, -0.25) is 4.79 Å². The molecule has 2 aromatic heterocycles. The normalized spacial score (nSPS) is 24.5. The zero-order chi connectivity index (χ0) is 24.2. The van der Waals surface area contributed by atoms with Crippen LogP contribution < -0.4 is 5.73 Å². The van der Waals surface area contributed by atoms with Gasteiger partial charge in [-0.25, -0.2) is 14.3 Å². The third-order valence-electron chi connectivity index (χ3n) is 5.64. The lowest BCUT2D eigenvalue weighted by atomic mass is 9.92. The van der Waals surface area contributed by atoms with Gasteiger partial charge in [0.2, 0.25) is 5.60 Å². The first-order chi connectivity index (χ1) is 15.8. The van der Waals surface area contributed by atoms with E-state index in [1.54, 1.807) is 0 Å². The Bertz CT molecular complexity index is 1070. The predicted octanol–water partition coefficient (Wildman–Crippen LogP) is 0.451. The number of methoxy groups -OCH3 is 1. The smallest absolute Gasteiger partial charge is 0.340 e. The van der Waals surface area contributed by atoms with Crippen LogP contribution in [0.2, 0.25) is 0 Å². The molecule has 3 heterocycles. The number of rotatable bonds is 9. The molecule has 1 aliphatic rings. The van der Waals surface area contributed by atoms with E-state index in [1.807, 2.05) is 6.07 Å². The van der Waals surface area contributed by atoms with Crippen LogP contribution >= 0.6 is 0 Å². The molecule has 0 saturated carbocycles. The largest absolute Gasteiger partial charge is 0.465 e. The van der Waals surface area contributed by atoms with Crippen LogP contribution in [0.5, 0.6) is 0 Å². The van der Waals surface area contributed by atoms with Gasteiger partial charge in [-0.15, -0.1) is 0 Å². The van der Waals surface area contributed by atoms with Crippen molar-refractivity contribution in [1.29, 1.82) is 5.26 Å². The molecule has 33 heavy (non-hydrogen) atoms. The minimum Gasteiger partial charge on any atom is -0.465 e. The van der Waals surface area contributed by atoms with E-state index >= 15 is 0 Å². The van der Waals surface area contributed by atoms with Crippen molar-refractivity contribution in [3.8, 4) is 6.07 Å². The lowest BCUT2D eigenvalue weighted by Gasteiger charge is -2.24. The molecule has 12 heteroatoms. The zero-order valence-corrected chi connectivity index (χ0v) is 18.4. The zero-order valence-electron chi connectivity index (χ0n) is 18.4. The van der Waals surface area contributed by atoms with E-state index in [4.69, 9.17) is 19.9 Å². The van der Waals surface area contributed by atoms with E-state index in [0.717, 1.165) is 30.1 Å². The number of hydrogen-bond donors (Lipinski definition) is 3. The van der Waals surface area contributed by atoms with Crippen LogP contribution in [0.25, 0.3) is 5.52 Å². The molecule has 1 aliphatic heterocycles. The van der Waals surface area contributed by atoms with Crippen LogP contribution in [0.15, 0.2) is 12.4 Å². The monoisotopic (exact) mass is 461 g/mol. The number of anilines is 1. The summed E-state index contributed by atoms with van der Waals surface area (Å²) in [6, 6.07) is 3.12. The van der Waals surface area contributed by atoms with Crippen molar-refractivity contribution >= 4 is 23.3 Å². The fourth-order valence-electron chi connectivity index (χ4n) is 3.86. The number of aliphatic hydroxyl groups excluding tert-OH is 2. The molecule has 0 aliphatic carbocycles. The van der Waals surface area contributed by atoms with E-state index < -0.39 is 35.9 Å². The second kappa shape index (κ2) is 10.1. The highest BCUT2D eigenvalue weighted by Gasteiger charge is 2.58. The molecule has 0 aromatic carbocycles. The number of nitriles is 1. The Balaban J connectivity index is 1.88. The summed E-state index contributed by atoms with van der Waals surface area (Å²) < 4.78 is 16.9. The molecule has 0 bridgehead atoms. The number of hydrogen-bond acceptors (Lipinski definition) is 11. The quantitative estimate of drug-likeness (QED) is 0.348. The highest BCUT2D eigenvalue weighted by atomic mass is 16.6. The molecule has 0 spiro atoms. The minimum atomic E-state index is -2.13. The molecule has 178 valence electrons. The van der Waals surface area contributed by atoms with Crippen molar-refractivity contribution in [2.45, 2.75) is 62.9 Å². The summed E-state index contributed by atoms with van der Waals surface area (Å²) in [4.78, 5) is 28.1. The first kappa shape index (κ1) is 24.4. The third kappa shape index (κ3) is 4.47. The standard InChI is InChI=1S/C21H27N5O7/c1-3-4-5-6-7-15(27)32-9-13-17(28)18(29)21(10-22,33-13)14-8-12(20(30)31-2)16-19(23)24-11-25-26(14)16/h8,11,13,17-18,28-29H,3-7,9H2,1-2H3,(H2,23,24,25)/t13-,17-,18-,21+/m1/s1. The van der Waals surface area contributed by atoms with Crippen LogP contribution in [0.4, 0.5) is 5.82 Å². The van der Waals surface area contributed by atoms with Gasteiger partial charge in [0, 0.05) is 6.42 Å². The SMILES string of the molecule is CCCCCCC(=O)OC[C@H]1O[C@@](C#N)(c2cc(C(=O)OC)c3c(N)ncnn23)[C@H](O)[C@@H]1O. The fourth-order valence-corrected chi connectivity index (χ4v) is 3.86. The van der Waals surface area contributed by atoms with Gasteiger partial charge in [0.15, 0.2) is 5.82 Å². The van der Waals surface area contributed by atoms with Crippen LogP contribution in [0.3, 0.4) is 0 Å². The number of carbonyl (C=O) groups is 2. The Labute approximate surface area is 189 Å². The molecule has 0 radical (unpaired) electrons. The van der Waals surface area contributed by atoms with Gasteiger partial charge in [0.1, 0.15) is 42.8 Å². The average molecular weight is 461 g/mol. The topological polar surface area (TPSA) is 182 Å². The van der Waals surface area contributed by atoms with Crippen LogP contribution in [-0.4, -0.2) is 68.8 Å². The maximum Gasteiger partial charge on any atom is 0.340 e. The Hall–Kier alpha value is -3.27. The molecule has 2 aromatic rings. The van der Waals surface area contributed by atoms with Crippen LogP contribution in [-0.2, 0) is 24.6 Å². The van der Waals surface area contributed by atoms with E-state index in [-0.39, 0.29) is 35.6 Å². The number of aromatic nitrogens is 3. The maximum atomic E-state index is 12.3. The summed E-state index contributed by atoms with van der Waals surface area (Å²) >= 11 is 0. The first-order valence-electron chi connectivity index (χ1n) is 10.6. The van der Waals surface area contributed by atoms with Gasteiger partial charge in [-0.05, 0) is 12.5 Å². The fraction of sp³-hybridized carbons (Fsp3) is 0.571. The van der Waals surface area contributed by atoms with Crippen molar-refractivity contribution in [2.75, 3.05) is 19.5 Å². The molecular formula is C21H27N5O7. The van der Waals surface area contributed by atoms with Crippen LogP contribution in [0, 0.1) is 11.3 Å². The Morgan fingerprint density at radius 2 is 2.12 bits per heavy atom. The number of ether oxygens (including phenoxy) is 3. The highest BCUT2D eigenvalue weighted by molar-refractivity contribution is 6.00. The molecule has 4 N–H and O–H groups in total. The number of nitrogens with zero attached hydrogens (tertiary/aromatic N) is 4. The van der Waals surface area contributed by atoms with E-state index in [1.165, 1.54) is 13.2 Å². The minimum absolute atomic E-state index is 0.0486. The number of carbonyl (C=O) groups excluding carboxylic acids is 2. The summed E-state index contributed by atoms with van der Waals surface area (Å²) in [6.45, 7) is 1.70. The molecule has 4 atom stereocenters. The molecule has 12 nitrogen and oxygen atoms in total. The van der Waals surface area contributed by atoms with Gasteiger partial charge >= 0.3 is 11.9 Å².